The zero-order chi connectivity index (χ0) is 19.8. The lowest BCUT2D eigenvalue weighted by Crippen LogP contribution is -2.42. The van der Waals surface area contributed by atoms with Crippen molar-refractivity contribution in [1.29, 1.82) is 0 Å². The van der Waals surface area contributed by atoms with E-state index in [4.69, 9.17) is 5.10 Å². The van der Waals surface area contributed by atoms with E-state index >= 15 is 0 Å². The lowest BCUT2D eigenvalue weighted by molar-refractivity contribution is -0.127. The summed E-state index contributed by atoms with van der Waals surface area (Å²) in [5, 5.41) is 11.1. The normalized spacial score (nSPS) is 14.3. The summed E-state index contributed by atoms with van der Waals surface area (Å²) in [6.07, 6.45) is 7.08. The van der Waals surface area contributed by atoms with Crippen LogP contribution in [-0.4, -0.2) is 47.2 Å². The van der Waals surface area contributed by atoms with Gasteiger partial charge in [-0.15, -0.1) is 24.0 Å². The predicted molar refractivity (Wildman–Crippen MR) is 126 cm³/mol. The Labute approximate surface area is 190 Å². The highest BCUT2D eigenvalue weighted by Gasteiger charge is 2.17. The van der Waals surface area contributed by atoms with Gasteiger partial charge in [-0.3, -0.25) is 9.48 Å². The lowest BCUT2D eigenvalue weighted by atomic mass is 10.2. The van der Waals surface area contributed by atoms with Crippen LogP contribution in [0, 0.1) is 0 Å². The van der Waals surface area contributed by atoms with E-state index < -0.39 is 0 Å². The number of hydrogen-bond acceptors (Lipinski definition) is 3. The molecule has 8 heteroatoms. The van der Waals surface area contributed by atoms with Gasteiger partial charge in [-0.2, -0.15) is 5.10 Å². The third-order valence-electron chi connectivity index (χ3n) is 4.97. The first kappa shape index (κ1) is 23.2. The Morgan fingerprint density at radius 1 is 1.17 bits per heavy atom. The summed E-state index contributed by atoms with van der Waals surface area (Å²) >= 11 is 0. The summed E-state index contributed by atoms with van der Waals surface area (Å²) in [5.41, 5.74) is 2.09. The maximum Gasteiger partial charge on any atom is 0.241 e. The van der Waals surface area contributed by atoms with Gasteiger partial charge in [-0.25, -0.2) is 4.99 Å². The number of amides is 1. The summed E-state index contributed by atoms with van der Waals surface area (Å²) in [6, 6.07) is 12.6. The number of carbonyl (C=O) groups is 1. The monoisotopic (exact) mass is 510 g/mol. The minimum atomic E-state index is -0.000257. The van der Waals surface area contributed by atoms with Crippen LogP contribution in [0.15, 0.2) is 47.6 Å². The van der Waals surface area contributed by atoms with E-state index in [2.05, 4.69) is 26.5 Å². The molecule has 29 heavy (non-hydrogen) atoms. The van der Waals surface area contributed by atoms with Gasteiger partial charge in [0.15, 0.2) is 5.96 Å². The molecule has 7 nitrogen and oxygen atoms in total. The molecule has 1 heterocycles. The molecular formula is C21H31IN6O. The Bertz CT molecular complexity index is 783. The summed E-state index contributed by atoms with van der Waals surface area (Å²) in [4.78, 5) is 18.1. The van der Waals surface area contributed by atoms with Crippen LogP contribution in [0.3, 0.4) is 0 Å². The number of benzene rings is 1. The molecule has 0 spiro atoms. The lowest BCUT2D eigenvalue weighted by Gasteiger charge is -2.14. The maximum absolute atomic E-state index is 11.9. The van der Waals surface area contributed by atoms with E-state index in [-0.39, 0.29) is 36.4 Å². The summed E-state index contributed by atoms with van der Waals surface area (Å²) in [5.74, 6) is 0.606. The second-order valence-corrected chi connectivity index (χ2v) is 7.37. The molecule has 1 amide bonds. The average molecular weight is 510 g/mol. The van der Waals surface area contributed by atoms with Gasteiger partial charge in [0.1, 0.15) is 0 Å². The van der Waals surface area contributed by atoms with Crippen molar-refractivity contribution < 1.29 is 4.79 Å². The smallest absolute Gasteiger partial charge is 0.241 e. The van der Waals surface area contributed by atoms with Crippen molar-refractivity contribution in [2.45, 2.75) is 44.8 Å². The predicted octanol–water partition coefficient (Wildman–Crippen LogP) is 2.94. The molecular weight excluding hydrogens is 479 g/mol. The minimum absolute atomic E-state index is 0. The van der Waals surface area contributed by atoms with E-state index in [1.165, 1.54) is 25.7 Å². The van der Waals surface area contributed by atoms with Crippen LogP contribution in [-0.2, 0) is 17.9 Å². The molecule has 3 rings (SSSR count). The molecule has 1 aliphatic carbocycles. The summed E-state index contributed by atoms with van der Waals surface area (Å²) in [7, 11) is 3.49. The van der Waals surface area contributed by atoms with Gasteiger partial charge in [-0.1, -0.05) is 43.2 Å². The number of rotatable bonds is 7. The van der Waals surface area contributed by atoms with Crippen molar-refractivity contribution in [1.82, 2.24) is 25.3 Å². The first-order valence-corrected chi connectivity index (χ1v) is 9.92. The van der Waals surface area contributed by atoms with Crippen molar-refractivity contribution >= 4 is 35.8 Å². The molecule has 0 atom stereocenters. The third kappa shape index (κ3) is 7.34. The van der Waals surface area contributed by atoms with E-state index in [1.807, 2.05) is 36.4 Å². The quantitative estimate of drug-likeness (QED) is 0.342. The maximum atomic E-state index is 11.9. The Morgan fingerprint density at radius 2 is 1.90 bits per heavy atom. The number of guanidine groups is 1. The van der Waals surface area contributed by atoms with Crippen LogP contribution in [0.5, 0.6) is 0 Å². The molecule has 0 radical (unpaired) electrons. The van der Waals surface area contributed by atoms with Crippen molar-refractivity contribution in [2.75, 3.05) is 20.6 Å². The third-order valence-corrected chi connectivity index (χ3v) is 4.97. The SMILES string of the molecule is CN(C)C(=O)CNC(=NCc1ccccc1)NCc1ccn(C2CCCC2)n1.I. The van der Waals surface area contributed by atoms with Gasteiger partial charge in [0.2, 0.25) is 5.91 Å². The molecule has 0 bridgehead atoms. The highest BCUT2D eigenvalue weighted by molar-refractivity contribution is 14.0. The van der Waals surface area contributed by atoms with E-state index in [9.17, 15) is 4.79 Å². The Hall–Kier alpha value is -2.10. The van der Waals surface area contributed by atoms with Crippen molar-refractivity contribution in [2.24, 2.45) is 4.99 Å². The van der Waals surface area contributed by atoms with E-state index in [0.717, 1.165) is 11.3 Å². The number of hydrogen-bond donors (Lipinski definition) is 2. The highest BCUT2D eigenvalue weighted by Crippen LogP contribution is 2.28. The van der Waals surface area contributed by atoms with Crippen LogP contribution in [0.4, 0.5) is 0 Å². The largest absolute Gasteiger partial charge is 0.351 e. The highest BCUT2D eigenvalue weighted by atomic mass is 127. The fraction of sp³-hybridized carbons (Fsp3) is 0.476. The molecule has 0 unspecified atom stereocenters. The van der Waals surface area contributed by atoms with Gasteiger partial charge in [-0.05, 0) is 24.5 Å². The van der Waals surface area contributed by atoms with E-state index in [0.29, 0.717) is 25.1 Å². The second-order valence-electron chi connectivity index (χ2n) is 7.37. The number of likely N-dealkylation sites (N-methyl/N-ethyl adjacent to an activating group) is 1. The molecule has 1 saturated carbocycles. The molecule has 1 fully saturated rings. The first-order chi connectivity index (χ1) is 13.6. The molecule has 0 saturated heterocycles. The zero-order valence-electron chi connectivity index (χ0n) is 17.2. The fourth-order valence-electron chi connectivity index (χ4n) is 3.26. The molecule has 2 aromatic rings. The molecule has 2 N–H and O–H groups in total. The number of nitrogens with one attached hydrogen (secondary N) is 2. The Balaban J connectivity index is 0.00000300. The van der Waals surface area contributed by atoms with Crippen LogP contribution in [0.1, 0.15) is 43.0 Å². The van der Waals surface area contributed by atoms with Gasteiger partial charge in [0, 0.05) is 20.3 Å². The number of aromatic nitrogens is 2. The summed E-state index contributed by atoms with van der Waals surface area (Å²) in [6.45, 7) is 1.31. The minimum Gasteiger partial charge on any atom is -0.351 e. The molecule has 1 aromatic heterocycles. The average Bonchev–Trinajstić information content (AvgIpc) is 3.39. The topological polar surface area (TPSA) is 74.6 Å². The van der Waals surface area contributed by atoms with Gasteiger partial charge in [0.25, 0.3) is 0 Å². The van der Waals surface area contributed by atoms with Gasteiger partial charge in [0.05, 0.1) is 31.4 Å². The zero-order valence-corrected chi connectivity index (χ0v) is 19.5. The van der Waals surface area contributed by atoms with Gasteiger partial charge >= 0.3 is 0 Å². The van der Waals surface area contributed by atoms with E-state index in [1.54, 1.807) is 19.0 Å². The van der Waals surface area contributed by atoms with Crippen molar-refractivity contribution in [3.05, 3.63) is 53.9 Å². The summed E-state index contributed by atoms with van der Waals surface area (Å²) < 4.78 is 2.09. The molecule has 158 valence electrons. The van der Waals surface area contributed by atoms with Crippen LogP contribution in [0.25, 0.3) is 0 Å². The van der Waals surface area contributed by atoms with Crippen LogP contribution in [0.2, 0.25) is 0 Å². The first-order valence-electron chi connectivity index (χ1n) is 9.92. The second kappa shape index (κ2) is 11.8. The van der Waals surface area contributed by atoms with Crippen molar-refractivity contribution in [3.63, 3.8) is 0 Å². The molecule has 0 aliphatic heterocycles. The number of nitrogens with zero attached hydrogens (tertiary/aromatic N) is 4. The number of aliphatic imine (C=N–C) groups is 1. The fourth-order valence-corrected chi connectivity index (χ4v) is 3.26. The number of halogens is 1. The van der Waals surface area contributed by atoms with Crippen LogP contribution >= 0.6 is 24.0 Å². The standard InChI is InChI=1S/C21H30N6O.HI/c1-26(2)20(28)16-24-21(22-14-17-8-4-3-5-9-17)23-15-18-12-13-27(25-18)19-10-6-7-11-19;/h3-5,8-9,12-13,19H,6-7,10-11,14-16H2,1-2H3,(H2,22,23,24);1H. The van der Waals surface area contributed by atoms with Gasteiger partial charge < -0.3 is 15.5 Å². The van der Waals surface area contributed by atoms with Crippen molar-refractivity contribution in [3.8, 4) is 0 Å². The number of carbonyl (C=O) groups excluding carboxylic acids is 1. The Morgan fingerprint density at radius 3 is 2.59 bits per heavy atom. The molecule has 1 aliphatic rings. The Kier molecular flexibility index (Phi) is 9.43. The molecule has 1 aromatic carbocycles. The van der Waals surface area contributed by atoms with Crippen LogP contribution < -0.4 is 10.6 Å².